The van der Waals surface area contributed by atoms with E-state index in [2.05, 4.69) is 4.99 Å². The Morgan fingerprint density at radius 3 is 2.65 bits per heavy atom. The number of aryl methyl sites for hydroxylation is 1. The summed E-state index contributed by atoms with van der Waals surface area (Å²) < 4.78 is 11.4. The number of aliphatic imine (C=N–C) groups is 1. The van der Waals surface area contributed by atoms with Crippen LogP contribution in [-0.2, 0) is 21.7 Å². The maximum atomic E-state index is 13.2. The summed E-state index contributed by atoms with van der Waals surface area (Å²) in [4.78, 5) is 19.5. The lowest BCUT2D eigenvalue weighted by Crippen LogP contribution is -2.45. The van der Waals surface area contributed by atoms with Gasteiger partial charge >= 0.3 is 5.97 Å². The molecule has 2 aliphatic rings. The van der Waals surface area contributed by atoms with Gasteiger partial charge in [0, 0.05) is 18.9 Å². The van der Waals surface area contributed by atoms with E-state index in [0.717, 1.165) is 37.2 Å². The van der Waals surface area contributed by atoms with Crippen molar-refractivity contribution in [2.24, 2.45) is 16.6 Å². The predicted octanol–water partition coefficient (Wildman–Crippen LogP) is 3.10. The summed E-state index contributed by atoms with van der Waals surface area (Å²) in [6.07, 6.45) is 4.01. The minimum absolute atomic E-state index is 0.122. The highest BCUT2D eigenvalue weighted by Crippen LogP contribution is 2.41. The largest absolute Gasteiger partial charge is 0.464 e. The number of esters is 1. The van der Waals surface area contributed by atoms with Gasteiger partial charge in [0.15, 0.2) is 11.6 Å². The van der Waals surface area contributed by atoms with Gasteiger partial charge in [-0.25, -0.2) is 9.79 Å². The maximum Gasteiger partial charge on any atom is 0.343 e. The first kappa shape index (κ1) is 21.4. The van der Waals surface area contributed by atoms with Crippen molar-refractivity contribution >= 4 is 11.9 Å². The number of nitrogens with zero attached hydrogens (tertiary/aromatic N) is 2. The number of hydrogen-bond donors (Lipinski definition) is 2. The topological polar surface area (TPSA) is 101 Å². The molecule has 31 heavy (non-hydrogen) atoms. The first-order chi connectivity index (χ1) is 15.0. The number of carbonyl (C=O) groups is 1. The van der Waals surface area contributed by atoms with Crippen molar-refractivity contribution < 1.29 is 19.1 Å². The lowest BCUT2D eigenvalue weighted by Gasteiger charge is -2.33. The van der Waals surface area contributed by atoms with Crippen LogP contribution in [0.25, 0.3) is 0 Å². The van der Waals surface area contributed by atoms with E-state index in [0.29, 0.717) is 37.6 Å². The van der Waals surface area contributed by atoms with E-state index in [1.807, 2.05) is 54.3 Å². The fourth-order valence-corrected chi connectivity index (χ4v) is 4.66. The number of carbonyl (C=O) groups excluding carboxylic acids is 1. The molecule has 3 N–H and O–H groups in total. The van der Waals surface area contributed by atoms with Crippen molar-refractivity contribution in [2.45, 2.75) is 57.3 Å². The summed E-state index contributed by atoms with van der Waals surface area (Å²) in [6, 6.07) is 13.0. The molecule has 7 nitrogen and oxygen atoms in total. The standard InChI is InChI=1S/C24H31N3O4/c1-17-11-12-20(30-17)15-26-23(25)27-14-13-21(16-27)31-22(28)24(29,19-9-5-6-10-19)18-7-3-2-4-8-18/h2-4,7-8,11-12,19,21,29H,5-6,9-10,13-16H2,1H3,(H2,25,26)/t21?,24-/m0/s1. The molecule has 7 heteroatoms. The molecule has 1 aliphatic carbocycles. The van der Waals surface area contributed by atoms with Crippen LogP contribution in [0, 0.1) is 12.8 Å². The predicted molar refractivity (Wildman–Crippen MR) is 117 cm³/mol. The molecule has 1 aromatic carbocycles. The molecule has 0 spiro atoms. The molecular formula is C24H31N3O4. The van der Waals surface area contributed by atoms with Gasteiger partial charge in [-0.15, -0.1) is 0 Å². The highest BCUT2D eigenvalue weighted by atomic mass is 16.6. The van der Waals surface area contributed by atoms with Crippen LogP contribution in [-0.4, -0.2) is 41.1 Å². The Hall–Kier alpha value is -2.80. The summed E-state index contributed by atoms with van der Waals surface area (Å²) in [5.74, 6) is 1.32. The molecule has 166 valence electrons. The molecule has 2 atom stereocenters. The fraction of sp³-hybridized carbons (Fsp3) is 0.500. The van der Waals surface area contributed by atoms with E-state index >= 15 is 0 Å². The number of likely N-dealkylation sites (tertiary alicyclic amines) is 1. The Morgan fingerprint density at radius 2 is 1.97 bits per heavy atom. The number of ether oxygens (including phenoxy) is 1. The third kappa shape index (κ3) is 4.61. The first-order valence-electron chi connectivity index (χ1n) is 11.1. The number of hydrogen-bond acceptors (Lipinski definition) is 5. The van der Waals surface area contributed by atoms with Crippen LogP contribution < -0.4 is 5.73 Å². The van der Waals surface area contributed by atoms with Crippen LogP contribution in [0.5, 0.6) is 0 Å². The second-order valence-electron chi connectivity index (χ2n) is 8.56. The molecule has 2 aromatic rings. The van der Waals surface area contributed by atoms with Crippen LogP contribution in [0.1, 0.15) is 49.2 Å². The van der Waals surface area contributed by atoms with Gasteiger partial charge in [-0.2, -0.15) is 0 Å². The second-order valence-corrected chi connectivity index (χ2v) is 8.56. The minimum Gasteiger partial charge on any atom is -0.464 e. The normalized spacial score (nSPS) is 21.9. The van der Waals surface area contributed by atoms with Gasteiger partial charge in [0.05, 0.1) is 6.54 Å². The van der Waals surface area contributed by atoms with Crippen molar-refractivity contribution in [3.05, 3.63) is 59.5 Å². The molecule has 1 unspecified atom stereocenters. The summed E-state index contributed by atoms with van der Waals surface area (Å²) >= 11 is 0. The van der Waals surface area contributed by atoms with Crippen LogP contribution in [0.3, 0.4) is 0 Å². The number of nitrogens with two attached hydrogens (primary N) is 1. The van der Waals surface area contributed by atoms with E-state index in [-0.39, 0.29) is 12.0 Å². The Kier molecular flexibility index (Phi) is 6.32. The molecule has 1 saturated carbocycles. The molecule has 1 aromatic heterocycles. The Balaban J connectivity index is 1.40. The smallest absolute Gasteiger partial charge is 0.343 e. The first-order valence-corrected chi connectivity index (χ1v) is 11.1. The van der Waals surface area contributed by atoms with E-state index in [4.69, 9.17) is 14.9 Å². The lowest BCUT2D eigenvalue weighted by atomic mass is 9.80. The third-order valence-electron chi connectivity index (χ3n) is 6.41. The fourth-order valence-electron chi connectivity index (χ4n) is 4.66. The van der Waals surface area contributed by atoms with E-state index in [1.54, 1.807) is 0 Å². The monoisotopic (exact) mass is 425 g/mol. The Labute approximate surface area is 182 Å². The second kappa shape index (κ2) is 9.14. The zero-order valence-electron chi connectivity index (χ0n) is 18.0. The average molecular weight is 426 g/mol. The Morgan fingerprint density at radius 1 is 1.23 bits per heavy atom. The molecule has 0 bridgehead atoms. The number of aliphatic hydroxyl groups is 1. The molecule has 1 aliphatic heterocycles. The zero-order valence-corrected chi connectivity index (χ0v) is 18.0. The van der Waals surface area contributed by atoms with E-state index in [1.165, 1.54) is 0 Å². The van der Waals surface area contributed by atoms with Gasteiger partial charge in [0.2, 0.25) is 0 Å². The van der Waals surface area contributed by atoms with Crippen LogP contribution in [0.4, 0.5) is 0 Å². The quantitative estimate of drug-likeness (QED) is 0.419. The van der Waals surface area contributed by atoms with Crippen molar-refractivity contribution in [1.29, 1.82) is 0 Å². The summed E-state index contributed by atoms with van der Waals surface area (Å²) in [5.41, 5.74) is 5.15. The minimum atomic E-state index is -1.61. The molecule has 0 radical (unpaired) electrons. The number of furan rings is 1. The highest BCUT2D eigenvalue weighted by Gasteiger charge is 2.48. The molecule has 0 amide bonds. The molecule has 2 fully saturated rings. The number of guanidine groups is 1. The van der Waals surface area contributed by atoms with Gasteiger partial charge in [0.1, 0.15) is 24.2 Å². The molecular weight excluding hydrogens is 394 g/mol. The zero-order chi connectivity index (χ0) is 21.8. The van der Waals surface area contributed by atoms with Crippen LogP contribution >= 0.6 is 0 Å². The van der Waals surface area contributed by atoms with Gasteiger partial charge in [-0.1, -0.05) is 43.2 Å². The van der Waals surface area contributed by atoms with Crippen LogP contribution in [0.15, 0.2) is 51.9 Å². The number of rotatable bonds is 6. The highest BCUT2D eigenvalue weighted by molar-refractivity contribution is 5.82. The maximum absolute atomic E-state index is 13.2. The van der Waals surface area contributed by atoms with Gasteiger partial charge < -0.3 is 24.9 Å². The van der Waals surface area contributed by atoms with Crippen molar-refractivity contribution in [3.63, 3.8) is 0 Å². The van der Waals surface area contributed by atoms with Crippen LogP contribution in [0.2, 0.25) is 0 Å². The van der Waals surface area contributed by atoms with E-state index in [9.17, 15) is 9.90 Å². The van der Waals surface area contributed by atoms with Gasteiger partial charge in [-0.3, -0.25) is 0 Å². The SMILES string of the molecule is Cc1ccc(CN=C(N)N2CCC(OC(=O)[C@](O)(c3ccccc3)C3CCCC3)C2)o1. The van der Waals surface area contributed by atoms with Gasteiger partial charge in [-0.05, 0) is 37.5 Å². The van der Waals surface area contributed by atoms with E-state index < -0.39 is 11.6 Å². The molecule has 2 heterocycles. The number of benzene rings is 1. The van der Waals surface area contributed by atoms with Crippen molar-refractivity contribution in [3.8, 4) is 0 Å². The van der Waals surface area contributed by atoms with Crippen molar-refractivity contribution in [2.75, 3.05) is 13.1 Å². The third-order valence-corrected chi connectivity index (χ3v) is 6.41. The van der Waals surface area contributed by atoms with Gasteiger partial charge in [0.25, 0.3) is 0 Å². The van der Waals surface area contributed by atoms with Crippen molar-refractivity contribution in [1.82, 2.24) is 4.90 Å². The summed E-state index contributed by atoms with van der Waals surface area (Å²) in [7, 11) is 0. The summed E-state index contributed by atoms with van der Waals surface area (Å²) in [5, 5.41) is 11.6. The lowest BCUT2D eigenvalue weighted by molar-refractivity contribution is -0.178. The average Bonchev–Trinajstić information content (AvgIpc) is 3.54. The Bertz CT molecular complexity index is 920. The molecule has 1 saturated heterocycles. The summed E-state index contributed by atoms with van der Waals surface area (Å²) in [6.45, 7) is 3.37. The molecule has 4 rings (SSSR count).